The molecule has 0 N–H and O–H groups in total. The van der Waals surface area contributed by atoms with Gasteiger partial charge in [-0.05, 0) is 23.9 Å². The third-order valence-corrected chi connectivity index (χ3v) is 6.36. The summed E-state index contributed by atoms with van der Waals surface area (Å²) in [6.45, 7) is 5.39. The number of ketones is 1. The monoisotopic (exact) mass is 402 g/mol. The molecule has 2 heterocycles. The number of thiophene rings is 1. The van der Waals surface area contributed by atoms with E-state index in [0.29, 0.717) is 30.3 Å². The van der Waals surface area contributed by atoms with E-state index in [1.165, 1.54) is 18.4 Å². The first-order valence-corrected chi connectivity index (χ1v) is 10.1. The molecule has 0 bridgehead atoms. The van der Waals surface area contributed by atoms with E-state index >= 15 is 0 Å². The zero-order valence-electron chi connectivity index (χ0n) is 16.4. The average molecular weight is 402 g/mol. The zero-order chi connectivity index (χ0) is 20.1. The van der Waals surface area contributed by atoms with Crippen molar-refractivity contribution in [2.24, 2.45) is 17.3 Å². The van der Waals surface area contributed by atoms with Crippen molar-refractivity contribution in [3.63, 3.8) is 0 Å². The second kappa shape index (κ2) is 7.17. The van der Waals surface area contributed by atoms with Gasteiger partial charge in [0.1, 0.15) is 5.75 Å². The molecular weight excluding hydrogens is 379 g/mol. The first-order valence-electron chi connectivity index (χ1n) is 9.30. The lowest BCUT2D eigenvalue weighted by Crippen LogP contribution is -2.47. The molecular formula is C20H23BO6S. The number of carbonyl (C=O) groups excluding carboxylic acids is 2. The van der Waals surface area contributed by atoms with Crippen LogP contribution < -0.4 is 10.2 Å². The number of methoxy groups -OCH3 is 2. The molecule has 28 heavy (non-hydrogen) atoms. The highest BCUT2D eigenvalue weighted by atomic mass is 32.1. The molecule has 8 heteroatoms. The lowest BCUT2D eigenvalue weighted by Gasteiger charge is -2.33. The molecule has 6 nitrogen and oxygen atoms in total. The third-order valence-electron chi connectivity index (χ3n) is 5.25. The van der Waals surface area contributed by atoms with Gasteiger partial charge in [-0.15, -0.1) is 11.3 Å². The van der Waals surface area contributed by atoms with Crippen LogP contribution in [0.15, 0.2) is 18.2 Å². The van der Waals surface area contributed by atoms with Crippen molar-refractivity contribution in [2.45, 2.75) is 20.3 Å². The van der Waals surface area contributed by atoms with Gasteiger partial charge in [-0.3, -0.25) is 9.59 Å². The fourth-order valence-corrected chi connectivity index (χ4v) is 4.60. The van der Waals surface area contributed by atoms with Gasteiger partial charge in [0, 0.05) is 34.7 Å². The van der Waals surface area contributed by atoms with E-state index in [1.54, 1.807) is 7.11 Å². The Morgan fingerprint density at radius 1 is 1.14 bits per heavy atom. The van der Waals surface area contributed by atoms with E-state index in [9.17, 15) is 9.59 Å². The van der Waals surface area contributed by atoms with Crippen LogP contribution in [0.4, 0.5) is 0 Å². The van der Waals surface area contributed by atoms with Gasteiger partial charge in [-0.1, -0.05) is 19.9 Å². The molecule has 4 rings (SSSR count). The zero-order valence-corrected chi connectivity index (χ0v) is 17.3. The van der Waals surface area contributed by atoms with E-state index < -0.39 is 7.12 Å². The number of benzene rings is 1. The second-order valence-electron chi connectivity index (χ2n) is 8.20. The molecule has 1 aromatic heterocycles. The minimum Gasteiger partial charge on any atom is -0.497 e. The predicted octanol–water partition coefficient (Wildman–Crippen LogP) is 2.67. The van der Waals surface area contributed by atoms with Crippen LogP contribution in [-0.2, 0) is 18.8 Å². The van der Waals surface area contributed by atoms with Crippen LogP contribution in [0, 0.1) is 17.3 Å². The summed E-state index contributed by atoms with van der Waals surface area (Å²) in [5.41, 5.74) is 0.803. The first kappa shape index (κ1) is 19.4. The molecule has 1 aromatic carbocycles. The van der Waals surface area contributed by atoms with Crippen molar-refractivity contribution in [3.05, 3.63) is 23.1 Å². The summed E-state index contributed by atoms with van der Waals surface area (Å²) >= 11 is 1.42. The molecule has 1 saturated carbocycles. The van der Waals surface area contributed by atoms with Crippen molar-refractivity contribution < 1.29 is 28.4 Å². The number of carbonyl (C=O) groups is 2. The van der Waals surface area contributed by atoms with Crippen molar-refractivity contribution in [3.8, 4) is 5.75 Å². The Labute approximate surface area is 168 Å². The van der Waals surface area contributed by atoms with Crippen LogP contribution in [0.1, 0.15) is 29.9 Å². The lowest BCUT2D eigenvalue weighted by molar-refractivity contribution is -0.142. The summed E-state index contributed by atoms with van der Waals surface area (Å²) in [5.74, 6) is -0.201. The van der Waals surface area contributed by atoms with Gasteiger partial charge >= 0.3 is 13.1 Å². The Balaban J connectivity index is 1.60. The summed E-state index contributed by atoms with van der Waals surface area (Å²) in [6.07, 6.45) is 0.563. The average Bonchev–Trinajstić information content (AvgIpc) is 3.37. The third kappa shape index (κ3) is 3.56. The molecule has 2 aliphatic rings. The molecule has 0 amide bonds. The van der Waals surface area contributed by atoms with Crippen molar-refractivity contribution >= 4 is 45.8 Å². The van der Waals surface area contributed by atoms with Crippen LogP contribution >= 0.6 is 11.3 Å². The smallest absolute Gasteiger partial charge is 0.497 e. The SMILES string of the molecule is COC(=O)[C@H]1C[C@@H]1C(=O)c1cc2cc(B3OCC(C)(C)CO3)c(OC)cc2s1. The van der Waals surface area contributed by atoms with Crippen LogP contribution in [0.25, 0.3) is 10.1 Å². The van der Waals surface area contributed by atoms with Crippen LogP contribution in [0.3, 0.4) is 0 Å². The van der Waals surface area contributed by atoms with Gasteiger partial charge < -0.3 is 18.8 Å². The number of hydrogen-bond donors (Lipinski definition) is 0. The van der Waals surface area contributed by atoms with Crippen molar-refractivity contribution in [2.75, 3.05) is 27.4 Å². The van der Waals surface area contributed by atoms with E-state index in [4.69, 9.17) is 18.8 Å². The van der Waals surface area contributed by atoms with E-state index in [-0.39, 0.29) is 29.0 Å². The molecule has 0 radical (unpaired) electrons. The van der Waals surface area contributed by atoms with Gasteiger partial charge in [-0.25, -0.2) is 0 Å². The van der Waals surface area contributed by atoms with E-state index in [0.717, 1.165) is 15.5 Å². The minimum atomic E-state index is -0.487. The fourth-order valence-electron chi connectivity index (χ4n) is 3.52. The minimum absolute atomic E-state index is 0.00373. The number of fused-ring (bicyclic) bond motifs is 1. The lowest BCUT2D eigenvalue weighted by atomic mass is 9.75. The van der Waals surface area contributed by atoms with Gasteiger partial charge in [0.2, 0.25) is 0 Å². The van der Waals surface area contributed by atoms with Crippen molar-refractivity contribution in [1.82, 2.24) is 0 Å². The Morgan fingerprint density at radius 2 is 1.86 bits per heavy atom. The van der Waals surface area contributed by atoms with Gasteiger partial charge in [0.15, 0.2) is 5.78 Å². The maximum Gasteiger partial charge on any atom is 0.497 e. The maximum atomic E-state index is 12.7. The Morgan fingerprint density at radius 3 is 2.50 bits per heavy atom. The predicted molar refractivity (Wildman–Crippen MR) is 107 cm³/mol. The molecule has 0 unspecified atom stereocenters. The van der Waals surface area contributed by atoms with Gasteiger partial charge in [0.25, 0.3) is 0 Å². The van der Waals surface area contributed by atoms with Gasteiger partial charge in [-0.2, -0.15) is 0 Å². The number of hydrogen-bond acceptors (Lipinski definition) is 7. The summed E-state index contributed by atoms with van der Waals surface area (Å²) in [4.78, 5) is 25.0. The molecule has 1 saturated heterocycles. The summed E-state index contributed by atoms with van der Waals surface area (Å²) < 4.78 is 23.1. The van der Waals surface area contributed by atoms with Crippen molar-refractivity contribution in [1.29, 1.82) is 0 Å². The number of esters is 1. The molecule has 2 atom stereocenters. The summed E-state index contributed by atoms with van der Waals surface area (Å²) in [7, 11) is 2.48. The molecule has 0 spiro atoms. The number of rotatable bonds is 5. The number of Topliss-reactive ketones (excluding diaryl/α,β-unsaturated/α-hetero) is 1. The second-order valence-corrected chi connectivity index (χ2v) is 9.28. The van der Waals surface area contributed by atoms with Crippen LogP contribution in [0.5, 0.6) is 5.75 Å². The highest BCUT2D eigenvalue weighted by Gasteiger charge is 2.49. The Kier molecular flexibility index (Phi) is 4.97. The maximum absolute atomic E-state index is 12.7. The largest absolute Gasteiger partial charge is 0.497 e. The van der Waals surface area contributed by atoms with E-state index in [1.807, 2.05) is 18.2 Å². The normalized spacial score (nSPS) is 23.5. The Bertz CT molecular complexity index is 926. The highest BCUT2D eigenvalue weighted by Crippen LogP contribution is 2.43. The summed E-state index contributed by atoms with van der Waals surface area (Å²) in [5, 5.41) is 0.941. The standard InChI is InChI=1S/C20H23BO6S/c1-20(2)9-26-21(27-10-20)14-5-11-6-17(28-16(11)8-15(14)24-3)18(22)12-7-13(12)19(23)25-4/h5-6,8,12-13H,7,9-10H2,1-4H3/t12-,13-/m0/s1. The molecule has 1 aliphatic carbocycles. The molecule has 1 aliphatic heterocycles. The topological polar surface area (TPSA) is 71.1 Å². The highest BCUT2D eigenvalue weighted by molar-refractivity contribution is 7.20. The number of ether oxygens (including phenoxy) is 2. The molecule has 2 aromatic rings. The Hall–Kier alpha value is -1.90. The van der Waals surface area contributed by atoms with Crippen LogP contribution in [-0.4, -0.2) is 46.3 Å². The molecule has 148 valence electrons. The summed E-state index contributed by atoms with van der Waals surface area (Å²) in [6, 6.07) is 5.77. The van der Waals surface area contributed by atoms with E-state index in [2.05, 4.69) is 13.8 Å². The van der Waals surface area contributed by atoms with Crippen LogP contribution in [0.2, 0.25) is 0 Å². The first-order chi connectivity index (χ1) is 13.3. The molecule has 2 fully saturated rings. The quantitative estimate of drug-likeness (QED) is 0.435. The fraction of sp³-hybridized carbons (Fsp3) is 0.500. The van der Waals surface area contributed by atoms with Gasteiger partial charge in [0.05, 0.1) is 25.0 Å².